The molecule has 1 unspecified atom stereocenters. The van der Waals surface area contributed by atoms with E-state index < -0.39 is 11.6 Å². The zero-order chi connectivity index (χ0) is 19.3. The number of fused-ring (bicyclic) bond motifs is 1. The minimum Gasteiger partial charge on any atom is -0.458 e. The molecule has 1 aliphatic heterocycles. The molecule has 0 radical (unpaired) electrons. The summed E-state index contributed by atoms with van der Waals surface area (Å²) in [5, 5.41) is 8.43. The Morgan fingerprint density at radius 2 is 2.04 bits per heavy atom. The molecule has 140 valence electrons. The second-order valence-electron chi connectivity index (χ2n) is 6.72. The molecule has 0 bridgehead atoms. The molecule has 8 heteroatoms. The Balaban J connectivity index is 1.42. The van der Waals surface area contributed by atoms with Gasteiger partial charge < -0.3 is 9.73 Å². The molecule has 5 rings (SSSR count). The molecule has 1 saturated heterocycles. The number of urea groups is 1. The maximum atomic E-state index is 13.1. The molecule has 28 heavy (non-hydrogen) atoms. The molecule has 0 saturated carbocycles. The third-order valence-electron chi connectivity index (χ3n) is 4.80. The lowest BCUT2D eigenvalue weighted by Crippen LogP contribution is -2.40. The molecule has 4 heterocycles. The van der Waals surface area contributed by atoms with Crippen LogP contribution in [-0.2, 0) is 16.9 Å². The molecular weight excluding hydrogens is 394 g/mol. The van der Waals surface area contributed by atoms with E-state index in [1.165, 1.54) is 16.2 Å². The van der Waals surface area contributed by atoms with Gasteiger partial charge >= 0.3 is 6.03 Å². The maximum absolute atomic E-state index is 13.1. The van der Waals surface area contributed by atoms with Crippen LogP contribution in [0.4, 0.5) is 4.79 Å². The first kappa shape index (κ1) is 17.2. The number of thiazole rings is 1. The van der Waals surface area contributed by atoms with Crippen molar-refractivity contribution in [1.82, 2.24) is 15.2 Å². The summed E-state index contributed by atoms with van der Waals surface area (Å²) in [5.41, 5.74) is 0.132. The van der Waals surface area contributed by atoms with Crippen LogP contribution in [-0.4, -0.2) is 21.8 Å². The van der Waals surface area contributed by atoms with E-state index in [1.807, 2.05) is 47.2 Å². The average molecular weight is 409 g/mol. The molecule has 0 spiro atoms. The Labute approximate surface area is 168 Å². The van der Waals surface area contributed by atoms with Crippen molar-refractivity contribution in [2.45, 2.75) is 19.0 Å². The molecule has 6 nitrogen and oxygen atoms in total. The van der Waals surface area contributed by atoms with E-state index in [2.05, 4.69) is 10.3 Å². The highest BCUT2D eigenvalue weighted by Crippen LogP contribution is 2.34. The molecule has 1 aromatic carbocycles. The number of nitrogens with one attached hydrogen (secondary N) is 1. The lowest BCUT2D eigenvalue weighted by atomic mass is 9.99. The lowest BCUT2D eigenvalue weighted by Gasteiger charge is -2.18. The van der Waals surface area contributed by atoms with Gasteiger partial charge in [-0.05, 0) is 30.5 Å². The number of amides is 3. The van der Waals surface area contributed by atoms with Crippen molar-refractivity contribution >= 4 is 45.6 Å². The predicted octanol–water partition coefficient (Wildman–Crippen LogP) is 4.59. The summed E-state index contributed by atoms with van der Waals surface area (Å²) in [6.07, 6.45) is 0. The van der Waals surface area contributed by atoms with E-state index in [9.17, 15) is 9.59 Å². The zero-order valence-corrected chi connectivity index (χ0v) is 16.5. The molecule has 0 aliphatic carbocycles. The van der Waals surface area contributed by atoms with Gasteiger partial charge in [-0.15, -0.1) is 22.7 Å². The van der Waals surface area contributed by atoms with Crippen LogP contribution in [0.5, 0.6) is 0 Å². The first-order valence-electron chi connectivity index (χ1n) is 8.66. The van der Waals surface area contributed by atoms with E-state index in [0.717, 1.165) is 15.3 Å². The predicted molar refractivity (Wildman–Crippen MR) is 108 cm³/mol. The second kappa shape index (κ2) is 6.29. The van der Waals surface area contributed by atoms with E-state index >= 15 is 0 Å². The number of imide groups is 1. The normalized spacial score (nSPS) is 19.5. The third kappa shape index (κ3) is 2.64. The highest BCUT2D eigenvalue weighted by Gasteiger charge is 2.51. The van der Waals surface area contributed by atoms with Crippen molar-refractivity contribution in [2.75, 3.05) is 0 Å². The maximum Gasteiger partial charge on any atom is 0.325 e. The summed E-state index contributed by atoms with van der Waals surface area (Å²) in [4.78, 5) is 32.5. The Bertz CT molecular complexity index is 1160. The van der Waals surface area contributed by atoms with Crippen LogP contribution in [0.2, 0.25) is 0 Å². The molecule has 1 aliphatic rings. The largest absolute Gasteiger partial charge is 0.458 e. The summed E-state index contributed by atoms with van der Waals surface area (Å²) >= 11 is 3.11. The zero-order valence-electron chi connectivity index (χ0n) is 14.8. The van der Waals surface area contributed by atoms with Crippen LogP contribution in [0.15, 0.2) is 57.6 Å². The topological polar surface area (TPSA) is 75.4 Å². The van der Waals surface area contributed by atoms with Crippen molar-refractivity contribution in [3.63, 3.8) is 0 Å². The summed E-state index contributed by atoms with van der Waals surface area (Å²) in [6.45, 7) is 1.80. The number of hydrogen-bond donors (Lipinski definition) is 1. The molecule has 1 fully saturated rings. The second-order valence-corrected chi connectivity index (χ2v) is 8.52. The number of aromatic nitrogens is 1. The fourth-order valence-electron chi connectivity index (χ4n) is 3.29. The van der Waals surface area contributed by atoms with Gasteiger partial charge in [-0.1, -0.05) is 24.3 Å². The SMILES string of the molecule is CC1(c2cc3ccccc3o2)NC(=O)N(Cc2csc(-c3cccs3)n2)C1=O. The van der Waals surface area contributed by atoms with Gasteiger partial charge in [0.1, 0.15) is 16.4 Å². The van der Waals surface area contributed by atoms with Gasteiger partial charge in [0.05, 0.1) is 17.1 Å². The van der Waals surface area contributed by atoms with E-state index in [0.29, 0.717) is 17.0 Å². The van der Waals surface area contributed by atoms with Gasteiger partial charge in [0.2, 0.25) is 0 Å². The van der Waals surface area contributed by atoms with Gasteiger partial charge in [-0.3, -0.25) is 9.69 Å². The lowest BCUT2D eigenvalue weighted by molar-refractivity contribution is -0.132. The summed E-state index contributed by atoms with van der Waals surface area (Å²) in [6, 6.07) is 12.8. The first-order chi connectivity index (χ1) is 13.5. The summed E-state index contributed by atoms with van der Waals surface area (Å²) in [7, 11) is 0. The standard InChI is InChI=1S/C20H15N3O3S2/c1-20(16-9-12-5-2-3-6-14(12)26-16)18(24)23(19(25)22-20)10-13-11-28-17(21-13)15-7-4-8-27-15/h2-9,11H,10H2,1H3,(H,22,25). The molecule has 3 amide bonds. The van der Waals surface area contributed by atoms with Crippen molar-refractivity contribution in [3.8, 4) is 9.88 Å². The van der Waals surface area contributed by atoms with E-state index in [1.54, 1.807) is 24.3 Å². The van der Waals surface area contributed by atoms with E-state index in [4.69, 9.17) is 4.42 Å². The average Bonchev–Trinajstić information content (AvgIpc) is 3.46. The molecule has 4 aromatic rings. The number of thiophene rings is 1. The van der Waals surface area contributed by atoms with Crippen LogP contribution >= 0.6 is 22.7 Å². The van der Waals surface area contributed by atoms with Crippen molar-refractivity contribution in [3.05, 3.63) is 64.7 Å². The minimum atomic E-state index is -1.23. The number of nitrogens with zero attached hydrogens (tertiary/aromatic N) is 2. The number of carbonyl (C=O) groups is 2. The molecular formula is C20H15N3O3S2. The summed E-state index contributed by atoms with van der Waals surface area (Å²) in [5.74, 6) is 0.0781. The smallest absolute Gasteiger partial charge is 0.325 e. The molecule has 1 atom stereocenters. The number of carbonyl (C=O) groups excluding carboxylic acids is 2. The fraction of sp³-hybridized carbons (Fsp3) is 0.150. The van der Waals surface area contributed by atoms with Gasteiger partial charge in [-0.25, -0.2) is 9.78 Å². The van der Waals surface area contributed by atoms with Crippen LogP contribution in [0.3, 0.4) is 0 Å². The number of furan rings is 1. The Morgan fingerprint density at radius 3 is 2.82 bits per heavy atom. The third-order valence-corrected chi connectivity index (χ3v) is 6.73. The van der Waals surface area contributed by atoms with Crippen molar-refractivity contribution in [1.29, 1.82) is 0 Å². The van der Waals surface area contributed by atoms with Crippen LogP contribution in [0, 0.1) is 0 Å². The molecule has 3 aromatic heterocycles. The quantitative estimate of drug-likeness (QED) is 0.501. The van der Waals surface area contributed by atoms with Gasteiger partial charge in [0.15, 0.2) is 5.54 Å². The Kier molecular flexibility index (Phi) is 3.85. The molecule has 1 N–H and O–H groups in total. The highest BCUT2D eigenvalue weighted by molar-refractivity contribution is 7.20. The summed E-state index contributed by atoms with van der Waals surface area (Å²) < 4.78 is 5.85. The van der Waals surface area contributed by atoms with Gasteiger partial charge in [0.25, 0.3) is 5.91 Å². The Morgan fingerprint density at radius 1 is 1.18 bits per heavy atom. The number of benzene rings is 1. The number of hydrogen-bond acceptors (Lipinski definition) is 6. The number of rotatable bonds is 4. The van der Waals surface area contributed by atoms with E-state index in [-0.39, 0.29) is 12.5 Å². The van der Waals surface area contributed by atoms with Gasteiger partial charge in [0, 0.05) is 10.8 Å². The van der Waals surface area contributed by atoms with Crippen molar-refractivity contribution in [2.24, 2.45) is 0 Å². The monoisotopic (exact) mass is 409 g/mol. The van der Waals surface area contributed by atoms with Crippen LogP contribution in [0.1, 0.15) is 18.4 Å². The fourth-order valence-corrected chi connectivity index (χ4v) is 4.92. The minimum absolute atomic E-state index is 0.127. The van der Waals surface area contributed by atoms with Crippen LogP contribution < -0.4 is 5.32 Å². The van der Waals surface area contributed by atoms with Gasteiger partial charge in [-0.2, -0.15) is 0 Å². The highest BCUT2D eigenvalue weighted by atomic mass is 32.1. The van der Waals surface area contributed by atoms with Crippen LogP contribution in [0.25, 0.3) is 20.9 Å². The first-order valence-corrected chi connectivity index (χ1v) is 10.4. The van der Waals surface area contributed by atoms with Crippen molar-refractivity contribution < 1.29 is 14.0 Å². The Hall–Kier alpha value is -2.97. The number of para-hydroxylation sites is 1.